The minimum Gasteiger partial charge on any atom is -0.538 e. The standard InChI is InChI=1S/C20H19N3O5S/c1-3-16(17(24)21-15-11-13(19(25)26)10-9-12(15)2)29-18-20(27)28-22-23(18)14-7-5-4-6-8-14/h4-11,16H,3H2,1-2H3,(H2-,21,22,24,25,26,27). The van der Waals surface area contributed by atoms with Crippen molar-refractivity contribution in [2.45, 2.75) is 30.5 Å². The van der Waals surface area contributed by atoms with E-state index in [0.29, 0.717) is 17.8 Å². The molecule has 1 atom stereocenters. The van der Waals surface area contributed by atoms with Crippen LogP contribution >= 0.6 is 11.8 Å². The number of hydrogen-bond acceptors (Lipinski definition) is 6. The van der Waals surface area contributed by atoms with Crippen molar-refractivity contribution in [1.82, 2.24) is 5.27 Å². The number of para-hydroxylation sites is 1. The molecule has 1 aromatic heterocycles. The Hall–Kier alpha value is -3.33. The summed E-state index contributed by atoms with van der Waals surface area (Å²) in [6, 6.07) is 13.5. The summed E-state index contributed by atoms with van der Waals surface area (Å²) >= 11 is 1.05. The molecule has 0 bridgehead atoms. The average Bonchev–Trinajstić information content (AvgIpc) is 3.08. The third kappa shape index (κ3) is 4.57. The van der Waals surface area contributed by atoms with Gasteiger partial charge in [0, 0.05) is 17.8 Å². The molecule has 29 heavy (non-hydrogen) atoms. The highest BCUT2D eigenvalue weighted by atomic mass is 32.2. The minimum absolute atomic E-state index is 0.0781. The molecule has 8 nitrogen and oxygen atoms in total. The number of nitrogens with one attached hydrogen (secondary N) is 1. The van der Waals surface area contributed by atoms with Crippen LogP contribution in [0.3, 0.4) is 0 Å². The van der Waals surface area contributed by atoms with Crippen LogP contribution in [0.1, 0.15) is 29.3 Å². The van der Waals surface area contributed by atoms with Crippen LogP contribution in [0.4, 0.5) is 5.69 Å². The fraction of sp³-hybridized carbons (Fsp3) is 0.200. The first kappa shape index (κ1) is 20.4. The smallest absolute Gasteiger partial charge is 0.335 e. The number of aromatic nitrogens is 2. The van der Waals surface area contributed by atoms with Gasteiger partial charge in [0.15, 0.2) is 5.95 Å². The lowest BCUT2D eigenvalue weighted by molar-refractivity contribution is -0.705. The summed E-state index contributed by atoms with van der Waals surface area (Å²) in [5.41, 5.74) is 1.87. The lowest BCUT2D eigenvalue weighted by Gasteiger charge is -2.15. The second kappa shape index (κ2) is 8.78. The fourth-order valence-electron chi connectivity index (χ4n) is 2.63. The number of amides is 1. The number of carboxylic acid groups (broad SMARTS) is 1. The van der Waals surface area contributed by atoms with Gasteiger partial charge in [0.25, 0.3) is 5.03 Å². The molecule has 150 valence electrons. The van der Waals surface area contributed by atoms with Gasteiger partial charge >= 0.3 is 5.97 Å². The van der Waals surface area contributed by atoms with Crippen molar-refractivity contribution in [3.05, 3.63) is 59.7 Å². The van der Waals surface area contributed by atoms with Crippen molar-refractivity contribution in [3.63, 3.8) is 0 Å². The Morgan fingerprint density at radius 1 is 1.28 bits per heavy atom. The van der Waals surface area contributed by atoms with Crippen molar-refractivity contribution in [2.75, 3.05) is 5.32 Å². The Morgan fingerprint density at radius 2 is 2.00 bits per heavy atom. The maximum Gasteiger partial charge on any atom is 0.335 e. The van der Waals surface area contributed by atoms with E-state index in [1.165, 1.54) is 16.8 Å². The number of anilines is 1. The summed E-state index contributed by atoms with van der Waals surface area (Å²) in [4.78, 5) is 24.0. The molecule has 2 aromatic carbocycles. The van der Waals surface area contributed by atoms with Crippen LogP contribution in [0.5, 0.6) is 5.95 Å². The Morgan fingerprint density at radius 3 is 2.66 bits per heavy atom. The summed E-state index contributed by atoms with van der Waals surface area (Å²) in [5, 5.41) is 27.4. The van der Waals surface area contributed by atoms with Gasteiger partial charge in [-0.3, -0.25) is 4.79 Å². The maximum atomic E-state index is 12.8. The van der Waals surface area contributed by atoms with E-state index in [2.05, 4.69) is 10.6 Å². The topological polar surface area (TPSA) is 119 Å². The van der Waals surface area contributed by atoms with Gasteiger partial charge in [0.2, 0.25) is 11.6 Å². The van der Waals surface area contributed by atoms with E-state index in [1.54, 1.807) is 37.3 Å². The average molecular weight is 413 g/mol. The third-order valence-corrected chi connectivity index (χ3v) is 5.63. The molecule has 0 saturated carbocycles. The first-order valence-corrected chi connectivity index (χ1v) is 9.74. The Labute approximate surface area is 171 Å². The zero-order chi connectivity index (χ0) is 21.0. The fourth-order valence-corrected chi connectivity index (χ4v) is 3.61. The van der Waals surface area contributed by atoms with Crippen LogP contribution in [0.15, 0.2) is 58.1 Å². The molecule has 2 N–H and O–H groups in total. The molecule has 0 radical (unpaired) electrons. The number of rotatable bonds is 7. The Balaban J connectivity index is 1.83. The summed E-state index contributed by atoms with van der Waals surface area (Å²) < 4.78 is 6.15. The zero-order valence-electron chi connectivity index (χ0n) is 15.8. The van der Waals surface area contributed by atoms with Gasteiger partial charge in [0.1, 0.15) is 0 Å². The van der Waals surface area contributed by atoms with Crippen LogP contribution < -0.4 is 15.1 Å². The molecule has 0 spiro atoms. The van der Waals surface area contributed by atoms with Gasteiger partial charge in [-0.1, -0.05) is 31.2 Å². The molecule has 0 aliphatic heterocycles. The first-order valence-electron chi connectivity index (χ1n) is 8.86. The van der Waals surface area contributed by atoms with E-state index < -0.39 is 17.2 Å². The molecule has 0 fully saturated rings. The van der Waals surface area contributed by atoms with Gasteiger partial charge < -0.3 is 20.1 Å². The van der Waals surface area contributed by atoms with E-state index in [0.717, 1.165) is 17.3 Å². The highest BCUT2D eigenvalue weighted by molar-refractivity contribution is 8.00. The van der Waals surface area contributed by atoms with E-state index in [1.807, 2.05) is 13.0 Å². The van der Waals surface area contributed by atoms with Gasteiger partial charge in [0.05, 0.1) is 16.1 Å². The number of carbonyl (C=O) groups excluding carboxylic acids is 1. The minimum atomic E-state index is -1.08. The van der Waals surface area contributed by atoms with Gasteiger partial charge in [-0.05, 0) is 47.5 Å². The zero-order valence-corrected chi connectivity index (χ0v) is 16.6. The van der Waals surface area contributed by atoms with Gasteiger partial charge in [-0.15, -0.1) is 0 Å². The number of hydrogen-bond donors (Lipinski definition) is 2. The maximum absolute atomic E-state index is 12.8. The first-order chi connectivity index (χ1) is 13.9. The largest absolute Gasteiger partial charge is 0.538 e. The van der Waals surface area contributed by atoms with E-state index in [4.69, 9.17) is 9.63 Å². The molecule has 1 heterocycles. The molecule has 0 aliphatic carbocycles. The van der Waals surface area contributed by atoms with E-state index in [9.17, 15) is 14.7 Å². The molecule has 0 saturated heterocycles. The number of nitrogens with zero attached hydrogens (tertiary/aromatic N) is 2. The molecule has 1 amide bonds. The predicted octanol–water partition coefficient (Wildman–Crippen LogP) is 2.54. The highest BCUT2D eigenvalue weighted by Gasteiger charge is 2.28. The number of thioether (sulfide) groups is 1. The monoisotopic (exact) mass is 413 g/mol. The second-order valence-corrected chi connectivity index (χ2v) is 7.44. The van der Waals surface area contributed by atoms with Crippen molar-refractivity contribution in [1.29, 1.82) is 0 Å². The summed E-state index contributed by atoms with van der Waals surface area (Å²) in [6.45, 7) is 3.59. The lowest BCUT2D eigenvalue weighted by Crippen LogP contribution is -2.36. The van der Waals surface area contributed by atoms with Gasteiger partial charge in [-0.25, -0.2) is 4.79 Å². The number of carbonyl (C=O) groups is 2. The van der Waals surface area contributed by atoms with Crippen LogP contribution in [0.25, 0.3) is 5.69 Å². The summed E-state index contributed by atoms with van der Waals surface area (Å²) in [7, 11) is 0. The lowest BCUT2D eigenvalue weighted by atomic mass is 10.1. The van der Waals surface area contributed by atoms with Crippen molar-refractivity contribution < 1.29 is 29.0 Å². The number of aryl methyl sites for hydroxylation is 1. The van der Waals surface area contributed by atoms with Crippen molar-refractivity contribution in [2.24, 2.45) is 0 Å². The van der Waals surface area contributed by atoms with Crippen molar-refractivity contribution >= 4 is 29.3 Å². The Kier molecular flexibility index (Phi) is 6.18. The van der Waals surface area contributed by atoms with Crippen molar-refractivity contribution in [3.8, 4) is 11.6 Å². The molecule has 3 aromatic rings. The highest BCUT2D eigenvalue weighted by Crippen LogP contribution is 2.30. The summed E-state index contributed by atoms with van der Waals surface area (Å²) in [6.07, 6.45) is 0.438. The van der Waals surface area contributed by atoms with Crippen LogP contribution in [-0.4, -0.2) is 27.5 Å². The third-order valence-electron chi connectivity index (χ3n) is 4.23. The quantitative estimate of drug-likeness (QED) is 0.451. The van der Waals surface area contributed by atoms with Crippen LogP contribution in [0.2, 0.25) is 0 Å². The molecule has 3 rings (SSSR count). The Bertz CT molecular complexity index is 1040. The number of benzene rings is 2. The second-order valence-electron chi connectivity index (χ2n) is 6.25. The van der Waals surface area contributed by atoms with E-state index >= 15 is 0 Å². The molecular weight excluding hydrogens is 394 g/mol. The predicted molar refractivity (Wildman–Crippen MR) is 104 cm³/mol. The van der Waals surface area contributed by atoms with Crippen LogP contribution in [-0.2, 0) is 4.79 Å². The molecular formula is C20H19N3O5S. The number of carboxylic acids is 1. The number of aromatic carboxylic acids is 1. The van der Waals surface area contributed by atoms with Crippen LogP contribution in [0, 0.1) is 6.92 Å². The normalized spacial score (nSPS) is 11.8. The molecule has 9 heteroatoms. The summed E-state index contributed by atoms with van der Waals surface area (Å²) in [5.74, 6) is -2.05. The molecule has 1 unspecified atom stereocenters. The van der Waals surface area contributed by atoms with E-state index in [-0.39, 0.29) is 16.5 Å². The molecule has 0 aliphatic rings. The SMILES string of the molecule is CCC(Sc1c([O-])on[n+]1-c1ccccc1)C(=O)Nc1cc(C(=O)O)ccc1C. The van der Waals surface area contributed by atoms with Gasteiger partial charge in [-0.2, -0.15) is 0 Å².